The van der Waals surface area contributed by atoms with Gasteiger partial charge in [0.2, 0.25) is 0 Å². The average Bonchev–Trinajstić information content (AvgIpc) is 2.95. The second kappa shape index (κ2) is 5.88. The Balaban J connectivity index is 1.43. The molecule has 3 aliphatic rings. The molecular weight excluding hydrogens is 276 g/mol. The molecule has 2 saturated carbocycles. The van der Waals surface area contributed by atoms with Gasteiger partial charge in [0.15, 0.2) is 0 Å². The second-order valence-corrected chi connectivity index (χ2v) is 8.43. The van der Waals surface area contributed by atoms with Gasteiger partial charge in [-0.2, -0.15) is 0 Å². The third-order valence-electron chi connectivity index (χ3n) is 5.36. The zero-order valence-corrected chi connectivity index (χ0v) is 14.2. The van der Waals surface area contributed by atoms with Crippen molar-refractivity contribution < 1.29 is 9.53 Å². The molecule has 2 fully saturated rings. The van der Waals surface area contributed by atoms with E-state index in [0.29, 0.717) is 0 Å². The maximum absolute atomic E-state index is 12.0. The SMILES string of the molecule is CC(C)(C)OC(=O)NC1(CNCC2CC3C=CC2C3)CCC1. The molecule has 0 radical (unpaired) electrons. The first-order valence-electron chi connectivity index (χ1n) is 8.75. The van der Waals surface area contributed by atoms with Crippen LogP contribution < -0.4 is 10.6 Å². The molecule has 0 aromatic heterocycles. The van der Waals surface area contributed by atoms with Gasteiger partial charge in [-0.15, -0.1) is 0 Å². The van der Waals surface area contributed by atoms with Gasteiger partial charge in [0.1, 0.15) is 5.60 Å². The summed E-state index contributed by atoms with van der Waals surface area (Å²) < 4.78 is 5.40. The number of fused-ring (bicyclic) bond motifs is 2. The van der Waals surface area contributed by atoms with E-state index in [1.54, 1.807) is 0 Å². The van der Waals surface area contributed by atoms with Crippen molar-refractivity contribution in [3.8, 4) is 0 Å². The number of alkyl carbamates (subject to hydrolysis) is 1. The summed E-state index contributed by atoms with van der Waals surface area (Å²) in [5.74, 6) is 2.40. The van der Waals surface area contributed by atoms with Crippen molar-refractivity contribution in [1.29, 1.82) is 0 Å². The van der Waals surface area contributed by atoms with E-state index in [2.05, 4.69) is 22.8 Å². The molecule has 0 heterocycles. The van der Waals surface area contributed by atoms with E-state index in [1.807, 2.05) is 20.8 Å². The summed E-state index contributed by atoms with van der Waals surface area (Å²) in [6.45, 7) is 7.65. The van der Waals surface area contributed by atoms with Crippen molar-refractivity contribution in [1.82, 2.24) is 10.6 Å². The van der Waals surface area contributed by atoms with Crippen molar-refractivity contribution in [2.75, 3.05) is 13.1 Å². The number of amides is 1. The second-order valence-electron chi connectivity index (χ2n) is 8.43. The molecule has 0 aromatic rings. The topological polar surface area (TPSA) is 50.4 Å². The third-order valence-corrected chi connectivity index (χ3v) is 5.36. The molecule has 0 spiro atoms. The first-order valence-corrected chi connectivity index (χ1v) is 8.75. The van der Waals surface area contributed by atoms with Crippen LogP contribution in [-0.4, -0.2) is 30.3 Å². The van der Waals surface area contributed by atoms with Crippen LogP contribution in [0.1, 0.15) is 52.9 Å². The van der Waals surface area contributed by atoms with Crippen molar-refractivity contribution in [2.45, 2.75) is 64.0 Å². The van der Waals surface area contributed by atoms with Gasteiger partial charge in [0, 0.05) is 6.54 Å². The Morgan fingerprint density at radius 2 is 2.05 bits per heavy atom. The molecule has 4 heteroatoms. The minimum absolute atomic E-state index is 0.0875. The minimum atomic E-state index is -0.433. The van der Waals surface area contributed by atoms with Crippen molar-refractivity contribution in [3.63, 3.8) is 0 Å². The smallest absolute Gasteiger partial charge is 0.408 e. The molecule has 3 rings (SSSR count). The fourth-order valence-electron chi connectivity index (χ4n) is 4.10. The zero-order valence-electron chi connectivity index (χ0n) is 14.2. The van der Waals surface area contributed by atoms with Gasteiger partial charge in [0.05, 0.1) is 5.54 Å². The molecule has 3 aliphatic carbocycles. The Morgan fingerprint density at radius 1 is 1.27 bits per heavy atom. The summed E-state index contributed by atoms with van der Waals surface area (Å²) in [4.78, 5) is 12.0. The van der Waals surface area contributed by atoms with Crippen LogP contribution in [0.4, 0.5) is 4.79 Å². The van der Waals surface area contributed by atoms with E-state index in [1.165, 1.54) is 19.3 Å². The van der Waals surface area contributed by atoms with Crippen LogP contribution >= 0.6 is 0 Å². The van der Waals surface area contributed by atoms with Crippen molar-refractivity contribution >= 4 is 6.09 Å². The highest BCUT2D eigenvalue weighted by Gasteiger charge is 2.40. The highest BCUT2D eigenvalue weighted by molar-refractivity contribution is 5.69. The maximum Gasteiger partial charge on any atom is 0.408 e. The summed E-state index contributed by atoms with van der Waals surface area (Å²) in [5.41, 5.74) is -0.520. The Hall–Kier alpha value is -1.03. The van der Waals surface area contributed by atoms with Gasteiger partial charge in [-0.3, -0.25) is 0 Å². The summed E-state index contributed by atoms with van der Waals surface area (Å²) in [6.07, 6.45) is 10.5. The van der Waals surface area contributed by atoms with Gasteiger partial charge in [-0.05, 0) is 77.2 Å². The monoisotopic (exact) mass is 306 g/mol. The molecule has 0 aliphatic heterocycles. The van der Waals surface area contributed by atoms with E-state index in [-0.39, 0.29) is 11.6 Å². The van der Waals surface area contributed by atoms with Crippen LogP contribution in [0.3, 0.4) is 0 Å². The van der Waals surface area contributed by atoms with Gasteiger partial charge in [-0.25, -0.2) is 4.79 Å². The van der Waals surface area contributed by atoms with E-state index < -0.39 is 5.60 Å². The lowest BCUT2D eigenvalue weighted by atomic mass is 9.76. The highest BCUT2D eigenvalue weighted by Crippen LogP contribution is 2.43. The first-order chi connectivity index (χ1) is 10.4. The number of carbonyl (C=O) groups is 1. The summed E-state index contributed by atoms with van der Waals surface area (Å²) in [7, 11) is 0. The van der Waals surface area contributed by atoms with Crippen LogP contribution in [0, 0.1) is 17.8 Å². The molecule has 22 heavy (non-hydrogen) atoms. The predicted octanol–water partition coefficient (Wildman–Crippen LogP) is 3.24. The van der Waals surface area contributed by atoms with E-state index in [9.17, 15) is 4.79 Å². The van der Waals surface area contributed by atoms with Gasteiger partial charge >= 0.3 is 6.09 Å². The van der Waals surface area contributed by atoms with Gasteiger partial charge in [0.25, 0.3) is 0 Å². The Labute approximate surface area is 134 Å². The minimum Gasteiger partial charge on any atom is -0.444 e. The lowest BCUT2D eigenvalue weighted by Gasteiger charge is -2.43. The molecule has 3 unspecified atom stereocenters. The van der Waals surface area contributed by atoms with Crippen LogP contribution in [-0.2, 0) is 4.74 Å². The van der Waals surface area contributed by atoms with Crippen LogP contribution in [0.5, 0.6) is 0 Å². The Kier molecular flexibility index (Phi) is 4.23. The lowest BCUT2D eigenvalue weighted by Crippen LogP contribution is -2.60. The average molecular weight is 306 g/mol. The molecule has 2 N–H and O–H groups in total. The molecule has 3 atom stereocenters. The fourth-order valence-corrected chi connectivity index (χ4v) is 4.10. The zero-order chi connectivity index (χ0) is 15.8. The molecule has 124 valence electrons. The Bertz CT molecular complexity index is 448. The van der Waals surface area contributed by atoms with E-state index >= 15 is 0 Å². The fraction of sp³-hybridized carbons (Fsp3) is 0.833. The summed E-state index contributed by atoms with van der Waals surface area (Å²) in [5, 5.41) is 6.73. The number of rotatable bonds is 5. The number of hydrogen-bond acceptors (Lipinski definition) is 3. The number of nitrogens with one attached hydrogen (secondary N) is 2. The first kappa shape index (κ1) is 15.9. The molecule has 4 nitrogen and oxygen atoms in total. The van der Waals surface area contributed by atoms with Crippen LogP contribution in [0.25, 0.3) is 0 Å². The maximum atomic E-state index is 12.0. The van der Waals surface area contributed by atoms with Crippen LogP contribution in [0.2, 0.25) is 0 Å². The van der Waals surface area contributed by atoms with E-state index in [4.69, 9.17) is 4.74 Å². The van der Waals surface area contributed by atoms with Crippen molar-refractivity contribution in [2.24, 2.45) is 17.8 Å². The van der Waals surface area contributed by atoms with Crippen LogP contribution in [0.15, 0.2) is 12.2 Å². The number of ether oxygens (including phenoxy) is 1. The number of carbonyl (C=O) groups excluding carboxylic acids is 1. The molecular formula is C18H30N2O2. The van der Waals surface area contributed by atoms with Gasteiger partial charge < -0.3 is 15.4 Å². The summed E-state index contributed by atoms with van der Waals surface area (Å²) >= 11 is 0. The standard InChI is InChI=1S/C18H30N2O2/c1-17(2,3)22-16(21)20-18(7-4-8-18)12-19-11-15-10-13-5-6-14(15)9-13/h5-6,13-15,19H,4,7-12H2,1-3H3,(H,20,21). The predicted molar refractivity (Wildman–Crippen MR) is 87.7 cm³/mol. The van der Waals surface area contributed by atoms with E-state index in [0.717, 1.165) is 43.7 Å². The lowest BCUT2D eigenvalue weighted by molar-refractivity contribution is 0.0381. The highest BCUT2D eigenvalue weighted by atomic mass is 16.6. The molecule has 2 bridgehead atoms. The third kappa shape index (κ3) is 3.65. The largest absolute Gasteiger partial charge is 0.444 e. The molecule has 0 aromatic carbocycles. The van der Waals surface area contributed by atoms with Gasteiger partial charge in [-0.1, -0.05) is 12.2 Å². The summed E-state index contributed by atoms with van der Waals surface area (Å²) in [6, 6.07) is 0. The van der Waals surface area contributed by atoms with Crippen molar-refractivity contribution in [3.05, 3.63) is 12.2 Å². The molecule has 1 amide bonds. The Morgan fingerprint density at radius 3 is 2.55 bits per heavy atom. The normalized spacial score (nSPS) is 31.9. The molecule has 0 saturated heterocycles. The quantitative estimate of drug-likeness (QED) is 0.767. The number of allylic oxidation sites excluding steroid dienone is 2. The number of hydrogen-bond donors (Lipinski definition) is 2.